The lowest BCUT2D eigenvalue weighted by Gasteiger charge is -2.42. The highest BCUT2D eigenvalue weighted by Crippen LogP contribution is 2.57. The Balaban J connectivity index is 0.000000568. The van der Waals surface area contributed by atoms with Crippen LogP contribution in [-0.4, -0.2) is 33.1 Å². The van der Waals surface area contributed by atoms with Gasteiger partial charge >= 0.3 is 12.4 Å². The molecular formula is C24H23F8NO3S. The van der Waals surface area contributed by atoms with Crippen molar-refractivity contribution in [1.82, 2.24) is 0 Å². The molecule has 0 radical (unpaired) electrons. The molecule has 0 bridgehead atoms. The fourth-order valence-corrected chi connectivity index (χ4v) is 7.66. The summed E-state index contributed by atoms with van der Waals surface area (Å²) in [5.74, 6) is -1.03. The molecule has 0 heterocycles. The number of aryl methyl sites for hydroxylation is 1. The summed E-state index contributed by atoms with van der Waals surface area (Å²) >= 11 is 0. The van der Waals surface area contributed by atoms with Gasteiger partial charge in [0, 0.05) is 6.04 Å². The predicted molar refractivity (Wildman–Crippen MR) is 117 cm³/mol. The number of carbonyl (C=O) groups excluding carboxylic acids is 1. The summed E-state index contributed by atoms with van der Waals surface area (Å²) in [6.45, 7) is 0.455. The molecular weight excluding hydrogens is 534 g/mol. The Kier molecular flexibility index (Phi) is 7.57. The van der Waals surface area contributed by atoms with Crippen molar-refractivity contribution in [3.05, 3.63) is 65.0 Å². The number of aldehydes is 1. The lowest BCUT2D eigenvalue weighted by Crippen LogP contribution is -2.47. The smallest absolute Gasteiger partial charge is 0.327 e. The van der Waals surface area contributed by atoms with Gasteiger partial charge in [-0.1, -0.05) is 18.2 Å². The molecule has 2 aromatic rings. The minimum Gasteiger partial charge on any atom is -0.327 e. The van der Waals surface area contributed by atoms with E-state index < -0.39 is 62.2 Å². The number of rotatable bonds is 3. The van der Waals surface area contributed by atoms with Crippen LogP contribution in [0.25, 0.3) is 0 Å². The average molecular weight is 558 g/mol. The Morgan fingerprint density at radius 2 is 1.54 bits per heavy atom. The summed E-state index contributed by atoms with van der Waals surface area (Å²) in [7, 11) is -4.06. The molecule has 2 aliphatic rings. The van der Waals surface area contributed by atoms with E-state index in [0.717, 1.165) is 24.3 Å². The molecule has 4 rings (SSSR count). The molecule has 4 nitrogen and oxygen atoms in total. The van der Waals surface area contributed by atoms with Gasteiger partial charge < -0.3 is 5.73 Å². The van der Waals surface area contributed by atoms with Gasteiger partial charge in [-0.2, -0.15) is 26.3 Å². The van der Waals surface area contributed by atoms with E-state index in [9.17, 15) is 43.5 Å². The minimum atomic E-state index is -5.11. The largest absolute Gasteiger partial charge is 0.446 e. The van der Waals surface area contributed by atoms with Crippen molar-refractivity contribution in [2.24, 2.45) is 11.7 Å². The number of sulfone groups is 1. The molecule has 4 atom stereocenters. The van der Waals surface area contributed by atoms with Gasteiger partial charge in [0.1, 0.15) is 10.6 Å². The van der Waals surface area contributed by atoms with Gasteiger partial charge in [0.15, 0.2) is 9.84 Å². The molecule has 0 amide bonds. The Labute approximate surface area is 207 Å². The summed E-state index contributed by atoms with van der Waals surface area (Å²) in [5.41, 5.74) is 2.87. The van der Waals surface area contributed by atoms with E-state index >= 15 is 0 Å². The monoisotopic (exact) mass is 557 g/mol. The zero-order valence-corrected chi connectivity index (χ0v) is 20.2. The SMILES string of the molecule is CC(F)(c1ccc2c(c1)CC[C@@H]1[C@H](N)CC[C@]21S(=O)(=O)c1ccc(F)cc1)C(F)(F)F.O=CC(F)(F)F. The zero-order valence-electron chi connectivity index (χ0n) is 19.3. The summed E-state index contributed by atoms with van der Waals surface area (Å²) in [5, 5.41) is 0. The Morgan fingerprint density at radius 1 is 0.973 bits per heavy atom. The summed E-state index contributed by atoms with van der Waals surface area (Å²) < 4.78 is 125. The number of benzene rings is 2. The number of alkyl halides is 7. The minimum absolute atomic E-state index is 0.0736. The van der Waals surface area contributed by atoms with E-state index in [1.54, 1.807) is 0 Å². The van der Waals surface area contributed by atoms with Crippen LogP contribution in [0.1, 0.15) is 42.9 Å². The van der Waals surface area contributed by atoms with Gasteiger partial charge in [-0.25, -0.2) is 17.2 Å². The van der Waals surface area contributed by atoms with E-state index in [1.165, 1.54) is 18.2 Å². The first-order valence-corrected chi connectivity index (χ1v) is 12.5. The molecule has 0 aromatic heterocycles. The van der Waals surface area contributed by atoms with E-state index in [-0.39, 0.29) is 11.3 Å². The van der Waals surface area contributed by atoms with Crippen LogP contribution in [0.4, 0.5) is 35.1 Å². The second-order valence-corrected chi connectivity index (χ2v) is 11.4. The number of carbonyl (C=O) groups is 1. The second-order valence-electron chi connectivity index (χ2n) is 9.23. The van der Waals surface area contributed by atoms with Crippen molar-refractivity contribution in [1.29, 1.82) is 0 Å². The van der Waals surface area contributed by atoms with Crippen LogP contribution in [0.2, 0.25) is 0 Å². The van der Waals surface area contributed by atoms with E-state index in [2.05, 4.69) is 0 Å². The van der Waals surface area contributed by atoms with E-state index in [1.807, 2.05) is 0 Å². The van der Waals surface area contributed by atoms with Crippen LogP contribution in [0.5, 0.6) is 0 Å². The quantitative estimate of drug-likeness (QED) is 0.300. The molecule has 1 fully saturated rings. The van der Waals surface area contributed by atoms with Crippen molar-refractivity contribution in [2.75, 3.05) is 0 Å². The Bertz CT molecular complexity index is 1260. The molecule has 2 aliphatic carbocycles. The Hall–Kier alpha value is -2.54. The standard InChI is InChI=1S/C22H22F5NO2S.C2HF3O/c1-20(24,22(25,26)27)14-3-9-17-13(12-14)2-8-18-19(28)10-11-21(17,18)31(29,30)16-6-4-15(23)5-7-16;3-2(4,5)1-6/h3-7,9,12,18-19H,2,8,10-11,28H2,1H3;1H/t18-,19-,20?,21+;/m1./s1. The maximum absolute atomic E-state index is 14.6. The van der Waals surface area contributed by atoms with Crippen LogP contribution in [0, 0.1) is 11.7 Å². The number of halogens is 8. The predicted octanol–water partition coefficient (Wildman–Crippen LogP) is 5.67. The van der Waals surface area contributed by atoms with E-state index in [4.69, 9.17) is 10.5 Å². The summed E-state index contributed by atoms with van der Waals surface area (Å²) in [4.78, 5) is 8.63. The van der Waals surface area contributed by atoms with Gasteiger partial charge in [0.2, 0.25) is 12.0 Å². The first-order valence-electron chi connectivity index (χ1n) is 11.1. The van der Waals surface area contributed by atoms with E-state index in [0.29, 0.717) is 37.3 Å². The highest BCUT2D eigenvalue weighted by molar-refractivity contribution is 7.92. The van der Waals surface area contributed by atoms with Crippen LogP contribution >= 0.6 is 0 Å². The molecule has 0 aliphatic heterocycles. The lowest BCUT2D eigenvalue weighted by atomic mass is 9.74. The Morgan fingerprint density at radius 3 is 2.05 bits per heavy atom. The normalized spacial score (nSPS) is 25.2. The van der Waals surface area contributed by atoms with Crippen LogP contribution in [-0.2, 0) is 31.5 Å². The van der Waals surface area contributed by atoms with Crippen molar-refractivity contribution in [2.45, 2.75) is 66.3 Å². The first-order chi connectivity index (χ1) is 16.9. The maximum Gasteiger partial charge on any atom is 0.446 e. The van der Waals surface area contributed by atoms with Crippen molar-refractivity contribution in [3.8, 4) is 0 Å². The molecule has 1 saturated carbocycles. The lowest BCUT2D eigenvalue weighted by molar-refractivity contribution is -0.228. The van der Waals surface area contributed by atoms with Crippen molar-refractivity contribution in [3.63, 3.8) is 0 Å². The molecule has 2 aromatic carbocycles. The average Bonchev–Trinajstić information content (AvgIpc) is 3.16. The maximum atomic E-state index is 14.6. The number of hydrogen-bond donors (Lipinski definition) is 1. The van der Waals surface area contributed by atoms with Crippen LogP contribution in [0.15, 0.2) is 47.4 Å². The molecule has 2 N–H and O–H groups in total. The molecule has 0 spiro atoms. The topological polar surface area (TPSA) is 77.2 Å². The number of fused-ring (bicyclic) bond motifs is 3. The third-order valence-corrected chi connectivity index (χ3v) is 9.64. The zero-order chi connectivity index (χ0) is 28.0. The number of nitrogens with two attached hydrogens (primary N) is 1. The third kappa shape index (κ3) is 5.12. The van der Waals surface area contributed by atoms with Crippen molar-refractivity contribution >= 4 is 16.1 Å². The molecule has 37 heavy (non-hydrogen) atoms. The van der Waals surface area contributed by atoms with Gasteiger partial charge in [0.05, 0.1) is 4.90 Å². The van der Waals surface area contributed by atoms with Crippen molar-refractivity contribution < 1.29 is 48.3 Å². The van der Waals surface area contributed by atoms with Crippen LogP contribution < -0.4 is 5.73 Å². The van der Waals surface area contributed by atoms with Crippen LogP contribution in [0.3, 0.4) is 0 Å². The van der Waals surface area contributed by atoms with Gasteiger partial charge in [-0.3, -0.25) is 4.79 Å². The highest BCUT2D eigenvalue weighted by Gasteiger charge is 2.60. The molecule has 13 heteroatoms. The molecule has 204 valence electrons. The second kappa shape index (κ2) is 9.64. The van der Waals surface area contributed by atoms with Gasteiger partial charge in [0.25, 0.3) is 0 Å². The highest BCUT2D eigenvalue weighted by atomic mass is 32.2. The molecule has 0 saturated heterocycles. The fourth-order valence-electron chi connectivity index (χ4n) is 5.18. The summed E-state index contributed by atoms with van der Waals surface area (Å²) in [6, 6.07) is 7.53. The van der Waals surface area contributed by atoms with Gasteiger partial charge in [-0.15, -0.1) is 0 Å². The third-order valence-electron chi connectivity index (χ3n) is 7.06. The number of hydrogen-bond acceptors (Lipinski definition) is 4. The summed E-state index contributed by atoms with van der Waals surface area (Å²) in [6.07, 6.45) is -9.53. The van der Waals surface area contributed by atoms with Gasteiger partial charge in [-0.05, 0) is 79.5 Å². The first kappa shape index (κ1) is 29.0. The fraction of sp³-hybridized carbons (Fsp3) is 0.458. The molecule has 1 unspecified atom stereocenters.